The Morgan fingerprint density at radius 2 is 1.93 bits per heavy atom. The van der Waals surface area contributed by atoms with E-state index in [1.165, 1.54) is 12.0 Å². The maximum Gasteiger partial charge on any atom is 0.226 e. The van der Waals surface area contributed by atoms with E-state index in [1.54, 1.807) is 0 Å². The monoisotopic (exact) mass is 484 g/mol. The third kappa shape index (κ3) is 3.61. The van der Waals surface area contributed by atoms with Gasteiger partial charge in [-0.1, -0.05) is 12.1 Å². The second-order valence-electron chi connectivity index (χ2n) is 8.09. The molecular formula is C22H22BrClN6. The quantitative estimate of drug-likeness (QED) is 0.370. The summed E-state index contributed by atoms with van der Waals surface area (Å²) in [5.74, 6) is 1.65. The smallest absolute Gasteiger partial charge is 0.226 e. The highest BCUT2D eigenvalue weighted by Crippen LogP contribution is 2.39. The molecule has 1 aliphatic rings. The molecule has 0 amide bonds. The van der Waals surface area contributed by atoms with Gasteiger partial charge in [-0.25, -0.2) is 9.97 Å². The van der Waals surface area contributed by atoms with Gasteiger partial charge in [-0.15, -0.1) is 0 Å². The van der Waals surface area contributed by atoms with E-state index < -0.39 is 0 Å². The highest BCUT2D eigenvalue weighted by atomic mass is 79.9. The molecule has 5 rings (SSSR count). The van der Waals surface area contributed by atoms with Crippen LogP contribution in [-0.2, 0) is 6.42 Å². The summed E-state index contributed by atoms with van der Waals surface area (Å²) in [5.41, 5.74) is 15.0. The first-order chi connectivity index (χ1) is 14.5. The number of hydrogen-bond donors (Lipinski definition) is 2. The third-order valence-electron chi connectivity index (χ3n) is 6.18. The number of benzene rings is 1. The average molecular weight is 486 g/mol. The standard InChI is InChI=1S/C22H22BrClN6/c23-17-11-14-5-3-13(10-18(14)27-20(17)26)2-1-12-4-6-15(9-12)30-8-7-16-19(25)28-22(24)29-21(16)30/h3,5,7-8,10-12,15H,1-2,4,6,9H2,(H2,26,27)(H2,25,28,29). The normalized spacial score (nSPS) is 19.1. The fraction of sp³-hybridized carbons (Fsp3) is 0.318. The number of aromatic nitrogens is 4. The molecule has 0 radical (unpaired) electrons. The number of hydrogen-bond acceptors (Lipinski definition) is 5. The molecule has 2 unspecified atom stereocenters. The molecule has 2 atom stereocenters. The summed E-state index contributed by atoms with van der Waals surface area (Å²) >= 11 is 9.48. The van der Waals surface area contributed by atoms with Gasteiger partial charge in [-0.2, -0.15) is 4.98 Å². The number of aryl methyl sites for hydroxylation is 1. The lowest BCUT2D eigenvalue weighted by Crippen LogP contribution is -2.06. The Kier molecular flexibility index (Phi) is 5.03. The summed E-state index contributed by atoms with van der Waals surface area (Å²) < 4.78 is 3.06. The van der Waals surface area contributed by atoms with Crippen LogP contribution in [0.25, 0.3) is 21.9 Å². The van der Waals surface area contributed by atoms with Crippen molar-refractivity contribution in [2.45, 2.75) is 38.1 Å². The number of nitrogens with zero attached hydrogens (tertiary/aromatic N) is 4. The van der Waals surface area contributed by atoms with Crippen molar-refractivity contribution < 1.29 is 0 Å². The Labute approximate surface area is 187 Å². The predicted octanol–water partition coefficient (Wildman–Crippen LogP) is 5.53. The molecule has 3 heterocycles. The molecule has 8 heteroatoms. The van der Waals surface area contributed by atoms with Crippen molar-refractivity contribution in [3.05, 3.63) is 51.8 Å². The van der Waals surface area contributed by atoms with Gasteiger partial charge in [0.1, 0.15) is 17.3 Å². The SMILES string of the molecule is Nc1nc2cc(CCC3CCC(n4ccc5c(N)nc(Cl)nc54)C3)ccc2cc1Br. The minimum absolute atomic E-state index is 0.201. The molecule has 4 N–H and O–H groups in total. The van der Waals surface area contributed by atoms with E-state index in [-0.39, 0.29) is 5.28 Å². The summed E-state index contributed by atoms with van der Waals surface area (Å²) in [6.45, 7) is 0. The van der Waals surface area contributed by atoms with E-state index in [4.69, 9.17) is 23.1 Å². The lowest BCUT2D eigenvalue weighted by Gasteiger charge is -2.15. The average Bonchev–Trinajstić information content (AvgIpc) is 3.34. The Hall–Kier alpha value is -2.38. The molecule has 1 aromatic carbocycles. The van der Waals surface area contributed by atoms with Crippen LogP contribution in [0.5, 0.6) is 0 Å². The first-order valence-corrected chi connectivity index (χ1v) is 11.3. The van der Waals surface area contributed by atoms with Gasteiger partial charge >= 0.3 is 0 Å². The number of fused-ring (bicyclic) bond motifs is 2. The van der Waals surface area contributed by atoms with Crippen LogP contribution in [0.1, 0.15) is 37.3 Å². The van der Waals surface area contributed by atoms with Crippen LogP contribution in [-0.4, -0.2) is 19.5 Å². The van der Waals surface area contributed by atoms with Crippen molar-refractivity contribution >= 4 is 61.1 Å². The van der Waals surface area contributed by atoms with E-state index in [0.717, 1.165) is 52.1 Å². The topological polar surface area (TPSA) is 95.6 Å². The van der Waals surface area contributed by atoms with Gasteiger partial charge in [0.25, 0.3) is 0 Å². The van der Waals surface area contributed by atoms with Gasteiger partial charge in [0.05, 0.1) is 15.4 Å². The number of nitrogen functional groups attached to an aromatic ring is 2. The van der Waals surface area contributed by atoms with Gasteiger partial charge in [0, 0.05) is 17.6 Å². The largest absolute Gasteiger partial charge is 0.383 e. The molecule has 154 valence electrons. The van der Waals surface area contributed by atoms with Crippen molar-refractivity contribution in [2.24, 2.45) is 5.92 Å². The molecule has 0 bridgehead atoms. The summed E-state index contributed by atoms with van der Waals surface area (Å²) in [7, 11) is 0. The summed E-state index contributed by atoms with van der Waals surface area (Å²) in [6.07, 6.45) is 7.75. The van der Waals surface area contributed by atoms with Gasteiger partial charge in [-0.3, -0.25) is 0 Å². The van der Waals surface area contributed by atoms with E-state index >= 15 is 0 Å². The molecule has 6 nitrogen and oxygen atoms in total. The summed E-state index contributed by atoms with van der Waals surface area (Å²) in [4.78, 5) is 13.0. The zero-order valence-electron chi connectivity index (χ0n) is 16.4. The minimum Gasteiger partial charge on any atom is -0.383 e. The maximum atomic E-state index is 6.03. The molecule has 3 aromatic heterocycles. The van der Waals surface area contributed by atoms with Crippen molar-refractivity contribution in [3.8, 4) is 0 Å². The van der Waals surface area contributed by atoms with E-state index in [1.807, 2.05) is 12.1 Å². The third-order valence-corrected chi connectivity index (χ3v) is 6.99. The molecule has 0 aliphatic heterocycles. The first kappa shape index (κ1) is 19.6. The van der Waals surface area contributed by atoms with Gasteiger partial charge in [0.2, 0.25) is 5.28 Å². The molecule has 1 aliphatic carbocycles. The van der Waals surface area contributed by atoms with Crippen molar-refractivity contribution in [2.75, 3.05) is 11.5 Å². The van der Waals surface area contributed by atoms with E-state index in [9.17, 15) is 0 Å². The maximum absolute atomic E-state index is 6.03. The second kappa shape index (κ2) is 7.71. The number of rotatable bonds is 4. The Balaban J connectivity index is 1.28. The molecular weight excluding hydrogens is 464 g/mol. The number of anilines is 2. The van der Waals surface area contributed by atoms with Crippen LogP contribution in [0, 0.1) is 5.92 Å². The highest BCUT2D eigenvalue weighted by molar-refractivity contribution is 9.10. The van der Waals surface area contributed by atoms with Crippen LogP contribution in [0.3, 0.4) is 0 Å². The number of nitrogens with two attached hydrogens (primary N) is 2. The predicted molar refractivity (Wildman–Crippen MR) is 126 cm³/mol. The first-order valence-electron chi connectivity index (χ1n) is 10.1. The van der Waals surface area contributed by atoms with Crippen LogP contribution in [0.2, 0.25) is 5.28 Å². The lowest BCUT2D eigenvalue weighted by atomic mass is 9.97. The molecule has 0 saturated heterocycles. The van der Waals surface area contributed by atoms with Gasteiger partial charge in [0.15, 0.2) is 0 Å². The number of halogens is 2. The highest BCUT2D eigenvalue weighted by Gasteiger charge is 2.27. The van der Waals surface area contributed by atoms with Crippen LogP contribution in [0.4, 0.5) is 11.6 Å². The molecule has 30 heavy (non-hydrogen) atoms. The summed E-state index contributed by atoms with van der Waals surface area (Å²) in [6, 6.07) is 10.9. The van der Waals surface area contributed by atoms with E-state index in [0.29, 0.717) is 23.6 Å². The second-order valence-corrected chi connectivity index (χ2v) is 9.28. The van der Waals surface area contributed by atoms with Crippen LogP contribution < -0.4 is 11.5 Å². The Morgan fingerprint density at radius 3 is 2.80 bits per heavy atom. The van der Waals surface area contributed by atoms with Crippen molar-refractivity contribution in [3.63, 3.8) is 0 Å². The van der Waals surface area contributed by atoms with Gasteiger partial charge < -0.3 is 16.0 Å². The fourth-order valence-electron chi connectivity index (χ4n) is 4.62. The molecule has 4 aromatic rings. The lowest BCUT2D eigenvalue weighted by molar-refractivity contribution is 0.461. The zero-order valence-corrected chi connectivity index (χ0v) is 18.7. The Morgan fingerprint density at radius 1 is 1.07 bits per heavy atom. The zero-order chi connectivity index (χ0) is 20.8. The molecule has 0 spiro atoms. The van der Waals surface area contributed by atoms with Crippen molar-refractivity contribution in [1.29, 1.82) is 0 Å². The fourth-order valence-corrected chi connectivity index (χ4v) is 5.12. The minimum atomic E-state index is 0.201. The molecule has 1 saturated carbocycles. The Bertz CT molecular complexity index is 1250. The van der Waals surface area contributed by atoms with Crippen molar-refractivity contribution in [1.82, 2.24) is 19.5 Å². The van der Waals surface area contributed by atoms with E-state index in [2.05, 4.69) is 59.8 Å². The molecule has 1 fully saturated rings. The summed E-state index contributed by atoms with van der Waals surface area (Å²) in [5, 5.41) is 2.17. The van der Waals surface area contributed by atoms with Crippen LogP contribution in [0.15, 0.2) is 41.0 Å². The van der Waals surface area contributed by atoms with Crippen LogP contribution >= 0.6 is 27.5 Å². The van der Waals surface area contributed by atoms with Gasteiger partial charge in [-0.05, 0) is 89.3 Å². The number of pyridine rings is 1.